The molecule has 0 aromatic carbocycles. The van der Waals surface area contributed by atoms with Crippen molar-refractivity contribution < 1.29 is 18.3 Å². The molecule has 1 atom stereocenters. The van der Waals surface area contributed by atoms with Crippen LogP contribution in [0.5, 0.6) is 0 Å². The van der Waals surface area contributed by atoms with E-state index in [0.717, 1.165) is 24.2 Å². The van der Waals surface area contributed by atoms with Crippen LogP contribution in [-0.2, 0) is 16.8 Å². The molecular weight excluding hydrogens is 302 g/mol. The topological polar surface area (TPSA) is 99.6 Å². The van der Waals surface area contributed by atoms with E-state index in [9.17, 15) is 13.2 Å². The van der Waals surface area contributed by atoms with Crippen molar-refractivity contribution in [2.45, 2.75) is 26.3 Å². The van der Waals surface area contributed by atoms with Crippen molar-refractivity contribution in [3.63, 3.8) is 0 Å². The summed E-state index contributed by atoms with van der Waals surface area (Å²) in [6.07, 6.45) is 1.91. The quantitative estimate of drug-likeness (QED) is 0.840. The third-order valence-corrected chi connectivity index (χ3v) is 5.51. The van der Waals surface area contributed by atoms with E-state index in [1.54, 1.807) is 0 Å². The summed E-state index contributed by atoms with van der Waals surface area (Å²) in [5.41, 5.74) is -0.0595. The Morgan fingerprint density at radius 2 is 2.40 bits per heavy atom. The SMILES string of the molecule is CC1CCCN(S(=O)(=O)NCc2nc(C(=O)O)cs2)C1. The minimum absolute atomic E-state index is 0.0190. The van der Waals surface area contributed by atoms with Crippen LogP contribution in [0.3, 0.4) is 0 Å². The first-order valence-electron chi connectivity index (χ1n) is 6.31. The average Bonchev–Trinajstić information content (AvgIpc) is 2.85. The van der Waals surface area contributed by atoms with Gasteiger partial charge >= 0.3 is 5.97 Å². The van der Waals surface area contributed by atoms with Crippen molar-refractivity contribution in [2.24, 2.45) is 5.92 Å². The summed E-state index contributed by atoms with van der Waals surface area (Å²) in [7, 11) is -3.52. The van der Waals surface area contributed by atoms with E-state index in [4.69, 9.17) is 5.11 Å². The second-order valence-corrected chi connectivity index (χ2v) is 7.56. The molecule has 0 spiro atoms. The number of aromatic carboxylic acids is 1. The highest BCUT2D eigenvalue weighted by Gasteiger charge is 2.26. The van der Waals surface area contributed by atoms with Crippen molar-refractivity contribution in [1.82, 2.24) is 14.0 Å². The van der Waals surface area contributed by atoms with Gasteiger partial charge in [-0.05, 0) is 18.8 Å². The smallest absolute Gasteiger partial charge is 0.355 e. The fourth-order valence-electron chi connectivity index (χ4n) is 2.10. The number of aromatic nitrogens is 1. The summed E-state index contributed by atoms with van der Waals surface area (Å²) >= 11 is 1.13. The minimum atomic E-state index is -3.52. The molecule has 2 N–H and O–H groups in total. The Labute approximate surface area is 121 Å². The molecule has 0 radical (unpaired) electrons. The maximum atomic E-state index is 12.1. The highest BCUT2D eigenvalue weighted by molar-refractivity contribution is 7.87. The summed E-state index contributed by atoms with van der Waals surface area (Å²) in [6.45, 7) is 3.10. The highest BCUT2D eigenvalue weighted by Crippen LogP contribution is 2.18. The van der Waals surface area contributed by atoms with Crippen molar-refractivity contribution in [3.05, 3.63) is 16.1 Å². The monoisotopic (exact) mass is 319 g/mol. The van der Waals surface area contributed by atoms with Crippen molar-refractivity contribution in [1.29, 1.82) is 0 Å². The van der Waals surface area contributed by atoms with Crippen LogP contribution >= 0.6 is 11.3 Å². The predicted octanol–water partition coefficient (Wildman–Crippen LogP) is 0.908. The zero-order chi connectivity index (χ0) is 14.8. The Balaban J connectivity index is 1.96. The van der Waals surface area contributed by atoms with E-state index in [1.165, 1.54) is 9.69 Å². The summed E-state index contributed by atoms with van der Waals surface area (Å²) in [6, 6.07) is 0. The van der Waals surface area contributed by atoms with Gasteiger partial charge in [-0.2, -0.15) is 17.4 Å². The number of thiazole rings is 1. The lowest BCUT2D eigenvalue weighted by atomic mass is 10.0. The average molecular weight is 319 g/mol. The van der Waals surface area contributed by atoms with Crippen LogP contribution in [0.25, 0.3) is 0 Å². The Hall–Kier alpha value is -1.03. The van der Waals surface area contributed by atoms with E-state index in [0.29, 0.717) is 24.0 Å². The number of nitrogens with zero attached hydrogens (tertiary/aromatic N) is 2. The van der Waals surface area contributed by atoms with E-state index in [-0.39, 0.29) is 12.2 Å². The van der Waals surface area contributed by atoms with Crippen LogP contribution in [0.4, 0.5) is 0 Å². The molecule has 0 amide bonds. The van der Waals surface area contributed by atoms with Gasteiger partial charge in [0.15, 0.2) is 5.69 Å². The number of nitrogens with one attached hydrogen (secondary N) is 1. The van der Waals surface area contributed by atoms with Crippen LogP contribution in [0, 0.1) is 5.92 Å². The first-order valence-corrected chi connectivity index (χ1v) is 8.63. The Morgan fingerprint density at radius 3 is 3.00 bits per heavy atom. The van der Waals surface area contributed by atoms with Gasteiger partial charge in [-0.3, -0.25) is 0 Å². The Morgan fingerprint density at radius 1 is 1.65 bits per heavy atom. The van der Waals surface area contributed by atoms with Crippen molar-refractivity contribution >= 4 is 27.5 Å². The summed E-state index contributed by atoms with van der Waals surface area (Å²) in [5.74, 6) is -0.751. The van der Waals surface area contributed by atoms with Crippen LogP contribution in [0.1, 0.15) is 35.3 Å². The molecule has 1 saturated heterocycles. The zero-order valence-corrected chi connectivity index (χ0v) is 12.7. The number of rotatable bonds is 5. The molecule has 1 fully saturated rings. The third-order valence-electron chi connectivity index (χ3n) is 3.14. The molecule has 1 aromatic rings. The Kier molecular flexibility index (Phi) is 4.74. The van der Waals surface area contributed by atoms with E-state index in [1.807, 2.05) is 6.92 Å². The molecule has 2 heterocycles. The standard InChI is InChI=1S/C11H17N3O4S2/c1-8-3-2-4-14(6-8)20(17,18)12-5-10-13-9(7-19-10)11(15)16/h7-8,12H,2-6H2,1H3,(H,15,16). The van der Waals surface area contributed by atoms with Crippen molar-refractivity contribution in [3.8, 4) is 0 Å². The number of hydrogen-bond donors (Lipinski definition) is 2. The van der Waals surface area contributed by atoms with Gasteiger partial charge in [-0.1, -0.05) is 6.92 Å². The van der Waals surface area contributed by atoms with Gasteiger partial charge < -0.3 is 5.11 Å². The molecule has 112 valence electrons. The summed E-state index contributed by atoms with van der Waals surface area (Å²) in [4.78, 5) is 14.5. The molecule has 20 heavy (non-hydrogen) atoms. The highest BCUT2D eigenvalue weighted by atomic mass is 32.2. The Bertz CT molecular complexity index is 584. The number of carbonyl (C=O) groups is 1. The van der Waals surface area contributed by atoms with Gasteiger partial charge in [0.25, 0.3) is 10.2 Å². The first-order chi connectivity index (χ1) is 9.38. The number of hydrogen-bond acceptors (Lipinski definition) is 5. The lowest BCUT2D eigenvalue weighted by Crippen LogP contribution is -2.45. The van der Waals surface area contributed by atoms with Crippen molar-refractivity contribution in [2.75, 3.05) is 13.1 Å². The van der Waals surface area contributed by atoms with Crippen LogP contribution in [0.2, 0.25) is 0 Å². The maximum absolute atomic E-state index is 12.1. The second kappa shape index (κ2) is 6.17. The van der Waals surface area contributed by atoms with Gasteiger partial charge in [-0.15, -0.1) is 11.3 Å². The lowest BCUT2D eigenvalue weighted by Gasteiger charge is -2.29. The van der Waals surface area contributed by atoms with Gasteiger partial charge in [0, 0.05) is 18.5 Å². The normalized spacial score (nSPS) is 20.9. The number of carboxylic acid groups (broad SMARTS) is 1. The minimum Gasteiger partial charge on any atom is -0.476 e. The molecular formula is C11H17N3O4S2. The van der Waals surface area contributed by atoms with Crippen LogP contribution in [-0.4, -0.2) is 41.9 Å². The molecule has 1 aromatic heterocycles. The van der Waals surface area contributed by atoms with Gasteiger partial charge in [0.1, 0.15) is 5.01 Å². The van der Waals surface area contributed by atoms with E-state index >= 15 is 0 Å². The third kappa shape index (κ3) is 3.75. The molecule has 7 nitrogen and oxygen atoms in total. The van der Waals surface area contributed by atoms with Crippen LogP contribution in [0.15, 0.2) is 5.38 Å². The first kappa shape index (κ1) is 15.4. The van der Waals surface area contributed by atoms with E-state index in [2.05, 4.69) is 9.71 Å². The maximum Gasteiger partial charge on any atom is 0.355 e. The molecule has 0 saturated carbocycles. The largest absolute Gasteiger partial charge is 0.476 e. The van der Waals surface area contributed by atoms with Gasteiger partial charge in [0.2, 0.25) is 0 Å². The molecule has 0 aliphatic carbocycles. The van der Waals surface area contributed by atoms with E-state index < -0.39 is 16.2 Å². The molecule has 2 rings (SSSR count). The van der Waals surface area contributed by atoms with Gasteiger partial charge in [-0.25, -0.2) is 9.78 Å². The molecule has 1 aliphatic heterocycles. The van der Waals surface area contributed by atoms with Gasteiger partial charge in [0.05, 0.1) is 6.54 Å². The molecule has 1 aliphatic rings. The fourth-order valence-corrected chi connectivity index (χ4v) is 4.22. The van der Waals surface area contributed by atoms with Crippen LogP contribution < -0.4 is 4.72 Å². The zero-order valence-electron chi connectivity index (χ0n) is 11.1. The summed E-state index contributed by atoms with van der Waals surface area (Å²) in [5, 5.41) is 10.6. The fraction of sp³-hybridized carbons (Fsp3) is 0.636. The summed E-state index contributed by atoms with van der Waals surface area (Å²) < 4.78 is 28.1. The molecule has 9 heteroatoms. The second-order valence-electron chi connectivity index (χ2n) is 4.86. The molecule has 1 unspecified atom stereocenters. The predicted molar refractivity (Wildman–Crippen MR) is 74.8 cm³/mol. The molecule has 0 bridgehead atoms. The number of piperidine rings is 1. The number of carboxylic acids is 1. The lowest BCUT2D eigenvalue weighted by molar-refractivity contribution is 0.0691.